The van der Waals surface area contributed by atoms with Gasteiger partial charge in [0, 0.05) is 86.4 Å². The predicted octanol–water partition coefficient (Wildman–Crippen LogP) is 4.84. The van der Waals surface area contributed by atoms with Crippen molar-refractivity contribution in [3.63, 3.8) is 0 Å². The number of piperidine rings is 2. The molecule has 294 valence electrons. The molecule has 2 fully saturated rings. The normalized spacial score (nSPS) is 15.5. The summed E-state index contributed by atoms with van der Waals surface area (Å²) in [6.45, 7) is 5.26. The van der Waals surface area contributed by atoms with E-state index < -0.39 is 0 Å². The number of carbonyl (C=O) groups excluding carboxylic acids is 2. The molecule has 0 saturated carbocycles. The Hall–Kier alpha value is -4.62. The summed E-state index contributed by atoms with van der Waals surface area (Å²) in [5.41, 5.74) is 6.76. The zero-order chi connectivity index (χ0) is 39.0. The Balaban J connectivity index is 0.787. The van der Waals surface area contributed by atoms with Crippen molar-refractivity contribution in [1.82, 2.24) is 10.6 Å². The van der Waals surface area contributed by atoms with Gasteiger partial charge in [0.05, 0.1) is 12.2 Å². The van der Waals surface area contributed by atoms with Crippen LogP contribution in [0.4, 0.5) is 11.4 Å². The monoisotopic (exact) mass is 794 g/mol. The Morgan fingerprint density at radius 3 is 1.21 bits per heavy atom. The third-order valence-corrected chi connectivity index (χ3v) is 12.4. The number of carbonyl (C=O) groups is 2. The predicted molar refractivity (Wildman–Crippen MR) is 230 cm³/mol. The molecule has 0 unspecified atom stereocenters. The zero-order valence-electron chi connectivity index (χ0n) is 31.9. The molecule has 0 aliphatic carbocycles. The number of pyridine rings is 2. The van der Waals surface area contributed by atoms with Crippen LogP contribution in [0.25, 0.3) is 24.3 Å². The Morgan fingerprint density at radius 1 is 0.554 bits per heavy atom. The summed E-state index contributed by atoms with van der Waals surface area (Å²) in [7, 11) is 3.37. The molecule has 10 nitrogen and oxygen atoms in total. The van der Waals surface area contributed by atoms with E-state index in [0.29, 0.717) is 13.1 Å². The van der Waals surface area contributed by atoms with Gasteiger partial charge in [0.25, 0.3) is 11.8 Å². The molecule has 0 atom stereocenters. The molecule has 4 N–H and O–H groups in total. The molecule has 2 aromatic carbocycles. The summed E-state index contributed by atoms with van der Waals surface area (Å²) >= 11 is 0. The van der Waals surface area contributed by atoms with Gasteiger partial charge < -0.3 is 30.6 Å². The van der Waals surface area contributed by atoms with Gasteiger partial charge in [0.1, 0.15) is 0 Å². The lowest BCUT2D eigenvalue weighted by atomic mass is 10.1. The first-order valence-corrected chi connectivity index (χ1v) is 22.0. The number of nitrogens with zero attached hydrogens (tertiary/aromatic N) is 4. The minimum atomic E-state index is -0.170. The van der Waals surface area contributed by atoms with Crippen molar-refractivity contribution in [2.24, 2.45) is 0 Å². The first-order valence-electron chi connectivity index (χ1n) is 19.5. The van der Waals surface area contributed by atoms with Crippen LogP contribution in [-0.2, 0) is 22.7 Å². The summed E-state index contributed by atoms with van der Waals surface area (Å²) in [5, 5.41) is 25.5. The first-order chi connectivity index (χ1) is 27.4. The number of aliphatic hydroxyl groups excluding tert-OH is 2. The number of rotatable bonds is 17. The van der Waals surface area contributed by atoms with Gasteiger partial charge in [-0.2, -0.15) is 9.13 Å². The molecule has 12 heteroatoms. The van der Waals surface area contributed by atoms with Gasteiger partial charge >= 0.3 is 0 Å². The minimum Gasteiger partial charge on any atom is -0.393 e. The number of hydrogen-bond donors (Lipinski definition) is 4. The van der Waals surface area contributed by atoms with Crippen LogP contribution in [-0.4, -0.2) is 85.0 Å². The van der Waals surface area contributed by atoms with Crippen molar-refractivity contribution >= 4 is 69.1 Å². The fourth-order valence-corrected chi connectivity index (χ4v) is 8.44. The van der Waals surface area contributed by atoms with E-state index in [-0.39, 0.29) is 37.1 Å². The van der Waals surface area contributed by atoms with E-state index in [2.05, 4.69) is 93.3 Å². The molecule has 2 aliphatic heterocycles. The van der Waals surface area contributed by atoms with E-state index in [0.717, 1.165) is 85.6 Å². The number of benzene rings is 2. The highest BCUT2D eigenvalue weighted by Gasteiger charge is 2.18. The second-order valence-corrected chi connectivity index (χ2v) is 16.9. The van der Waals surface area contributed by atoms with Gasteiger partial charge in [-0.1, -0.05) is 70.2 Å². The Bertz CT molecular complexity index is 1730. The second kappa shape index (κ2) is 21.6. The summed E-state index contributed by atoms with van der Waals surface area (Å²) in [5.74, 6) is 1.52. The highest BCUT2D eigenvalue weighted by molar-refractivity contribution is 8.76. The number of aromatic nitrogens is 2. The van der Waals surface area contributed by atoms with E-state index in [1.807, 2.05) is 58.2 Å². The fraction of sp³-hybridized carbons (Fsp3) is 0.364. The van der Waals surface area contributed by atoms with E-state index in [9.17, 15) is 19.8 Å². The van der Waals surface area contributed by atoms with Crippen LogP contribution in [0.5, 0.6) is 0 Å². The van der Waals surface area contributed by atoms with Crippen LogP contribution in [0.2, 0.25) is 0 Å². The number of anilines is 2. The van der Waals surface area contributed by atoms with E-state index in [4.69, 9.17) is 0 Å². The molecule has 2 aliphatic rings. The molecular formula is C44H54N6O4S2+2. The number of hydrogen-bond acceptors (Lipinski definition) is 8. The van der Waals surface area contributed by atoms with Crippen molar-refractivity contribution in [3.8, 4) is 0 Å². The lowest BCUT2D eigenvalue weighted by Gasteiger charge is -2.31. The summed E-state index contributed by atoms with van der Waals surface area (Å²) < 4.78 is 3.74. The van der Waals surface area contributed by atoms with Crippen LogP contribution in [0.1, 0.15) is 47.9 Å². The Morgan fingerprint density at radius 2 is 0.875 bits per heavy atom. The molecule has 4 aromatic rings. The first kappa shape index (κ1) is 41.0. The molecule has 4 heterocycles. The highest BCUT2D eigenvalue weighted by Crippen LogP contribution is 2.23. The maximum atomic E-state index is 12.5. The number of amides is 2. The largest absolute Gasteiger partial charge is 0.393 e. The average molecular weight is 795 g/mol. The van der Waals surface area contributed by atoms with Gasteiger partial charge in [-0.05, 0) is 72.2 Å². The Kier molecular flexibility index (Phi) is 15.8. The van der Waals surface area contributed by atoms with Gasteiger partial charge in [0.2, 0.25) is 13.1 Å². The Labute approximate surface area is 338 Å². The minimum absolute atomic E-state index is 0.0257. The van der Waals surface area contributed by atoms with Crippen molar-refractivity contribution in [1.29, 1.82) is 0 Å². The molecule has 0 bridgehead atoms. The van der Waals surface area contributed by atoms with Gasteiger partial charge in [-0.15, -0.1) is 0 Å². The molecule has 0 radical (unpaired) electrons. The van der Waals surface area contributed by atoms with Gasteiger partial charge in [-0.3, -0.25) is 9.59 Å². The standard InChI is InChI=1S/C44H52N6O4S2/c51-41-17-27-49(28-18-41)39-9-5-35(6-10-39)1-3-37-13-23-47(24-14-37)33-43(53)45-21-31-55-56-32-22-46-44(54)34-48-25-15-38(16-26-48)4-2-36-7-11-40(12-8-36)50-29-19-42(52)20-30-50/h1-16,23-26,41-42,51-52H,17-22,27-34H2/p+2. The SMILES string of the molecule is O=C(C[n+]1ccc(/C=C/c2ccc(N3CCC(O)CC3)cc2)cc1)NCCSSCCNC(=O)C[n+]1ccc(/C=C/c2ccc(N3CCC(O)CC3)cc2)cc1. The van der Waals surface area contributed by atoms with Crippen molar-refractivity contribution in [2.45, 2.75) is 51.0 Å². The summed E-state index contributed by atoms with van der Waals surface area (Å²) in [4.78, 5) is 29.6. The molecule has 56 heavy (non-hydrogen) atoms. The molecule has 2 amide bonds. The smallest absolute Gasteiger partial charge is 0.286 e. The van der Waals surface area contributed by atoms with E-state index >= 15 is 0 Å². The van der Waals surface area contributed by atoms with Crippen LogP contribution >= 0.6 is 21.6 Å². The number of nitrogens with one attached hydrogen (secondary N) is 2. The summed E-state index contributed by atoms with van der Waals surface area (Å²) in [6.07, 6.45) is 18.9. The van der Waals surface area contributed by atoms with Crippen LogP contribution in [0, 0.1) is 0 Å². The second-order valence-electron chi connectivity index (χ2n) is 14.2. The lowest BCUT2D eigenvalue weighted by molar-refractivity contribution is -0.684. The third kappa shape index (κ3) is 13.5. The van der Waals surface area contributed by atoms with Crippen molar-refractivity contribution in [3.05, 3.63) is 120 Å². The fourth-order valence-electron chi connectivity index (χ4n) is 6.62. The molecule has 2 saturated heterocycles. The third-order valence-electron chi connectivity index (χ3n) is 9.97. The molecular weight excluding hydrogens is 741 g/mol. The maximum Gasteiger partial charge on any atom is 0.286 e. The van der Waals surface area contributed by atoms with E-state index in [1.165, 1.54) is 11.4 Å². The number of aliphatic hydroxyl groups is 2. The van der Waals surface area contributed by atoms with Crippen LogP contribution in [0.3, 0.4) is 0 Å². The van der Waals surface area contributed by atoms with Crippen molar-refractivity contribution < 1.29 is 28.9 Å². The highest BCUT2D eigenvalue weighted by atomic mass is 33.1. The zero-order valence-corrected chi connectivity index (χ0v) is 33.6. The van der Waals surface area contributed by atoms with Crippen molar-refractivity contribution in [2.75, 3.05) is 60.6 Å². The topological polar surface area (TPSA) is 113 Å². The molecule has 6 rings (SSSR count). The summed E-state index contributed by atoms with van der Waals surface area (Å²) in [6, 6.07) is 25.0. The van der Waals surface area contributed by atoms with Crippen LogP contribution in [0.15, 0.2) is 97.6 Å². The van der Waals surface area contributed by atoms with E-state index in [1.54, 1.807) is 21.6 Å². The molecule has 2 aromatic heterocycles. The van der Waals surface area contributed by atoms with Gasteiger partial charge in [0.15, 0.2) is 24.8 Å². The van der Waals surface area contributed by atoms with Gasteiger partial charge in [-0.25, -0.2) is 0 Å². The quantitative estimate of drug-likeness (QED) is 0.0684. The lowest BCUT2D eigenvalue weighted by Crippen LogP contribution is -2.43. The average Bonchev–Trinajstić information content (AvgIpc) is 3.22. The molecule has 0 spiro atoms. The maximum absolute atomic E-state index is 12.5. The van der Waals surface area contributed by atoms with Crippen LogP contribution < -0.4 is 29.6 Å².